The predicted molar refractivity (Wildman–Crippen MR) is 108 cm³/mol. The van der Waals surface area contributed by atoms with Gasteiger partial charge in [0.2, 0.25) is 0 Å². The first-order valence-corrected chi connectivity index (χ1v) is 9.31. The first kappa shape index (κ1) is 20.5. The number of benzene rings is 2. The molecule has 0 radical (unpaired) electrons. The maximum absolute atomic E-state index is 13.5. The molecular formula is C21H18ClFN2O4. The summed E-state index contributed by atoms with van der Waals surface area (Å²) in [5.74, 6) is -1.64. The quantitative estimate of drug-likeness (QED) is 0.561. The number of ether oxygens (including phenoxy) is 2. The van der Waals surface area contributed by atoms with Crippen molar-refractivity contribution in [2.24, 2.45) is 0 Å². The predicted octanol–water partition coefficient (Wildman–Crippen LogP) is 5.12. The lowest BCUT2D eigenvalue weighted by atomic mass is 10.1. The summed E-state index contributed by atoms with van der Waals surface area (Å²) in [5, 5.41) is 3.51. The molecule has 0 saturated heterocycles. The standard InChI is InChI=1S/C21H18ClFN2O4/c1-3-28-20(26)12-5-8-18-14(9-12)19(15(11-24-18)21(27)29-4-2)25-13-6-7-17(23)16(22)10-13/h5-11H,3-4H2,1-2H3,(H,24,25). The molecule has 0 atom stereocenters. The largest absolute Gasteiger partial charge is 0.462 e. The van der Waals surface area contributed by atoms with Crippen LogP contribution in [-0.4, -0.2) is 30.1 Å². The summed E-state index contributed by atoms with van der Waals surface area (Å²) in [4.78, 5) is 28.9. The van der Waals surface area contributed by atoms with Gasteiger partial charge in [0.05, 0.1) is 35.0 Å². The fourth-order valence-corrected chi connectivity index (χ4v) is 2.93. The van der Waals surface area contributed by atoms with Crippen LogP contribution in [0.1, 0.15) is 34.6 Å². The third kappa shape index (κ3) is 4.46. The zero-order chi connectivity index (χ0) is 21.0. The van der Waals surface area contributed by atoms with Crippen LogP contribution in [-0.2, 0) is 9.47 Å². The molecule has 6 nitrogen and oxygen atoms in total. The molecule has 1 N–H and O–H groups in total. The molecule has 0 spiro atoms. The molecule has 1 aromatic heterocycles. The second-order valence-electron chi connectivity index (χ2n) is 5.97. The Morgan fingerprint density at radius 2 is 1.79 bits per heavy atom. The lowest BCUT2D eigenvalue weighted by molar-refractivity contribution is 0.0518. The van der Waals surface area contributed by atoms with Gasteiger partial charge in [-0.15, -0.1) is 0 Å². The van der Waals surface area contributed by atoms with E-state index >= 15 is 0 Å². The highest BCUT2D eigenvalue weighted by Gasteiger charge is 2.19. The Morgan fingerprint density at radius 1 is 1.07 bits per heavy atom. The number of fused-ring (bicyclic) bond motifs is 1. The molecule has 0 aliphatic carbocycles. The highest BCUT2D eigenvalue weighted by molar-refractivity contribution is 6.31. The monoisotopic (exact) mass is 416 g/mol. The van der Waals surface area contributed by atoms with E-state index in [1.165, 1.54) is 24.4 Å². The van der Waals surface area contributed by atoms with Crippen LogP contribution in [0.2, 0.25) is 5.02 Å². The third-order valence-corrected chi connectivity index (χ3v) is 4.35. The number of nitrogens with zero attached hydrogens (tertiary/aromatic N) is 1. The molecular weight excluding hydrogens is 399 g/mol. The van der Waals surface area contributed by atoms with Gasteiger partial charge < -0.3 is 14.8 Å². The number of pyridine rings is 1. The van der Waals surface area contributed by atoms with Crippen molar-refractivity contribution in [3.8, 4) is 0 Å². The SMILES string of the molecule is CCOC(=O)c1ccc2ncc(C(=O)OCC)c(Nc3ccc(F)c(Cl)c3)c2c1. The van der Waals surface area contributed by atoms with Crippen LogP contribution in [0.25, 0.3) is 10.9 Å². The average Bonchev–Trinajstić information content (AvgIpc) is 2.71. The number of esters is 2. The Kier molecular flexibility index (Phi) is 6.29. The lowest BCUT2D eigenvalue weighted by Gasteiger charge is -2.15. The van der Waals surface area contributed by atoms with Crippen molar-refractivity contribution < 1.29 is 23.5 Å². The van der Waals surface area contributed by atoms with Crippen molar-refractivity contribution in [3.05, 3.63) is 64.6 Å². The lowest BCUT2D eigenvalue weighted by Crippen LogP contribution is -2.10. The van der Waals surface area contributed by atoms with Crippen molar-refractivity contribution in [3.63, 3.8) is 0 Å². The molecule has 0 bridgehead atoms. The Balaban J connectivity index is 2.18. The zero-order valence-electron chi connectivity index (χ0n) is 15.8. The highest BCUT2D eigenvalue weighted by atomic mass is 35.5. The summed E-state index contributed by atoms with van der Waals surface area (Å²) >= 11 is 5.87. The van der Waals surface area contributed by atoms with E-state index < -0.39 is 17.8 Å². The molecule has 0 saturated carbocycles. The third-order valence-electron chi connectivity index (χ3n) is 4.06. The van der Waals surface area contributed by atoms with E-state index in [9.17, 15) is 14.0 Å². The molecule has 0 aliphatic heterocycles. The molecule has 3 rings (SSSR count). The Hall–Kier alpha value is -3.19. The van der Waals surface area contributed by atoms with Crippen LogP contribution >= 0.6 is 11.6 Å². The van der Waals surface area contributed by atoms with Gasteiger partial charge in [-0.1, -0.05) is 11.6 Å². The van der Waals surface area contributed by atoms with E-state index in [1.54, 1.807) is 32.0 Å². The molecule has 0 aliphatic rings. The van der Waals surface area contributed by atoms with Crippen LogP contribution in [0.15, 0.2) is 42.6 Å². The van der Waals surface area contributed by atoms with Gasteiger partial charge in [0.15, 0.2) is 0 Å². The fourth-order valence-electron chi connectivity index (χ4n) is 2.75. The van der Waals surface area contributed by atoms with E-state index in [2.05, 4.69) is 10.3 Å². The summed E-state index contributed by atoms with van der Waals surface area (Å²) in [6.07, 6.45) is 1.39. The molecule has 1 heterocycles. The van der Waals surface area contributed by atoms with E-state index in [4.69, 9.17) is 21.1 Å². The second-order valence-corrected chi connectivity index (χ2v) is 6.38. The van der Waals surface area contributed by atoms with Gasteiger partial charge in [0, 0.05) is 17.3 Å². The number of carbonyl (C=O) groups excluding carboxylic acids is 2. The number of hydrogen-bond donors (Lipinski definition) is 1. The topological polar surface area (TPSA) is 77.5 Å². The minimum absolute atomic E-state index is 0.0711. The molecule has 2 aromatic carbocycles. The van der Waals surface area contributed by atoms with Crippen molar-refractivity contribution >= 4 is 45.8 Å². The van der Waals surface area contributed by atoms with Gasteiger partial charge in [-0.3, -0.25) is 4.98 Å². The Bertz CT molecular complexity index is 1080. The minimum atomic E-state index is -0.584. The van der Waals surface area contributed by atoms with E-state index in [-0.39, 0.29) is 23.8 Å². The number of nitrogens with one attached hydrogen (secondary N) is 1. The number of hydrogen-bond acceptors (Lipinski definition) is 6. The summed E-state index contributed by atoms with van der Waals surface area (Å²) in [6.45, 7) is 3.82. The molecule has 150 valence electrons. The fraction of sp³-hybridized carbons (Fsp3) is 0.190. The number of aromatic nitrogens is 1. The summed E-state index contributed by atoms with van der Waals surface area (Å²) in [7, 11) is 0. The summed E-state index contributed by atoms with van der Waals surface area (Å²) in [6, 6.07) is 8.92. The number of anilines is 2. The van der Waals surface area contributed by atoms with Gasteiger partial charge >= 0.3 is 11.9 Å². The first-order valence-electron chi connectivity index (χ1n) is 8.93. The molecule has 0 amide bonds. The van der Waals surface area contributed by atoms with Gasteiger partial charge in [-0.25, -0.2) is 14.0 Å². The maximum Gasteiger partial charge on any atom is 0.341 e. The molecule has 0 unspecified atom stereocenters. The summed E-state index contributed by atoms with van der Waals surface area (Å²) in [5.41, 5.74) is 1.84. The van der Waals surface area contributed by atoms with Crippen LogP contribution in [0.4, 0.5) is 15.8 Å². The van der Waals surface area contributed by atoms with Gasteiger partial charge in [0.25, 0.3) is 0 Å². The highest BCUT2D eigenvalue weighted by Crippen LogP contribution is 2.32. The smallest absolute Gasteiger partial charge is 0.341 e. The van der Waals surface area contributed by atoms with Crippen LogP contribution in [0.3, 0.4) is 0 Å². The normalized spacial score (nSPS) is 10.6. The van der Waals surface area contributed by atoms with Crippen molar-refractivity contribution in [2.75, 3.05) is 18.5 Å². The molecule has 29 heavy (non-hydrogen) atoms. The molecule has 0 fully saturated rings. The summed E-state index contributed by atoms with van der Waals surface area (Å²) < 4.78 is 23.7. The van der Waals surface area contributed by atoms with Crippen molar-refractivity contribution in [2.45, 2.75) is 13.8 Å². The van der Waals surface area contributed by atoms with E-state index in [0.29, 0.717) is 27.8 Å². The second kappa shape index (κ2) is 8.87. The first-order chi connectivity index (χ1) is 13.9. The van der Waals surface area contributed by atoms with Crippen LogP contribution < -0.4 is 5.32 Å². The molecule has 8 heteroatoms. The van der Waals surface area contributed by atoms with Crippen molar-refractivity contribution in [1.29, 1.82) is 0 Å². The van der Waals surface area contributed by atoms with E-state index in [1.807, 2.05) is 0 Å². The maximum atomic E-state index is 13.5. The number of halogens is 2. The van der Waals surface area contributed by atoms with Crippen LogP contribution in [0.5, 0.6) is 0 Å². The average molecular weight is 417 g/mol. The van der Waals surface area contributed by atoms with Gasteiger partial charge in [0.1, 0.15) is 11.4 Å². The Morgan fingerprint density at radius 3 is 2.48 bits per heavy atom. The molecule has 3 aromatic rings. The van der Waals surface area contributed by atoms with Gasteiger partial charge in [-0.05, 0) is 50.2 Å². The minimum Gasteiger partial charge on any atom is -0.462 e. The Labute approximate surface area is 171 Å². The van der Waals surface area contributed by atoms with E-state index in [0.717, 1.165) is 0 Å². The number of carbonyl (C=O) groups is 2. The zero-order valence-corrected chi connectivity index (χ0v) is 16.5. The van der Waals surface area contributed by atoms with Gasteiger partial charge in [-0.2, -0.15) is 0 Å². The van der Waals surface area contributed by atoms with Crippen LogP contribution in [0, 0.1) is 5.82 Å². The van der Waals surface area contributed by atoms with Crippen molar-refractivity contribution in [1.82, 2.24) is 4.98 Å². The number of rotatable bonds is 6.